The summed E-state index contributed by atoms with van der Waals surface area (Å²) in [6, 6.07) is 16.5. The van der Waals surface area contributed by atoms with Gasteiger partial charge in [-0.05, 0) is 43.4 Å². The molecule has 11 heteroatoms. The molecule has 0 aliphatic carbocycles. The number of hydrogen-bond acceptors (Lipinski definition) is 8. The summed E-state index contributed by atoms with van der Waals surface area (Å²) in [6.45, 7) is 0.995. The van der Waals surface area contributed by atoms with Gasteiger partial charge in [0.2, 0.25) is 11.8 Å². The van der Waals surface area contributed by atoms with Crippen molar-refractivity contribution >= 4 is 25.0 Å². The molecule has 38 heavy (non-hydrogen) atoms. The molecular weight excluding hydrogens is 489 g/mol. The third kappa shape index (κ3) is 8.95. The normalized spacial score (nSPS) is 16.9. The first kappa shape index (κ1) is 29.3. The van der Waals surface area contributed by atoms with E-state index in [-0.39, 0.29) is 13.0 Å². The van der Waals surface area contributed by atoms with E-state index in [1.165, 1.54) is 0 Å². The number of nitrogens with zero attached hydrogens (tertiary/aromatic N) is 1. The van der Waals surface area contributed by atoms with Crippen molar-refractivity contribution in [3.63, 3.8) is 0 Å². The average Bonchev–Trinajstić information content (AvgIpc) is 3.40. The summed E-state index contributed by atoms with van der Waals surface area (Å²) in [4.78, 5) is 40.6. The highest BCUT2D eigenvalue weighted by molar-refractivity contribution is 6.43. The lowest BCUT2D eigenvalue weighted by atomic mass is 9.75. The summed E-state index contributed by atoms with van der Waals surface area (Å²) in [5.74, 6) is -1.87. The van der Waals surface area contributed by atoms with Crippen LogP contribution in [0.15, 0.2) is 60.7 Å². The largest absolute Gasteiger partial charge is 0.469 e. The molecule has 1 heterocycles. The Labute approximate surface area is 223 Å². The Morgan fingerprint density at radius 2 is 1.71 bits per heavy atom. The van der Waals surface area contributed by atoms with E-state index in [9.17, 15) is 24.4 Å². The van der Waals surface area contributed by atoms with Crippen molar-refractivity contribution in [3.05, 3.63) is 71.8 Å². The minimum absolute atomic E-state index is 0.0380. The third-order valence-corrected chi connectivity index (χ3v) is 6.57. The number of nitrogens with one attached hydrogen (secondary N) is 2. The molecule has 1 aliphatic rings. The van der Waals surface area contributed by atoms with Gasteiger partial charge in [0.25, 0.3) is 0 Å². The van der Waals surface area contributed by atoms with Gasteiger partial charge in [0, 0.05) is 26.1 Å². The van der Waals surface area contributed by atoms with Gasteiger partial charge in [-0.2, -0.15) is 0 Å². The number of benzene rings is 2. The Hall–Kier alpha value is -3.25. The van der Waals surface area contributed by atoms with Crippen LogP contribution in [0.25, 0.3) is 0 Å². The Morgan fingerprint density at radius 3 is 2.34 bits per heavy atom. The van der Waals surface area contributed by atoms with Crippen molar-refractivity contribution in [2.45, 2.75) is 56.7 Å². The lowest BCUT2D eigenvalue weighted by Crippen LogP contribution is -2.56. The lowest BCUT2D eigenvalue weighted by molar-refractivity contribution is -0.134. The van der Waals surface area contributed by atoms with Crippen LogP contribution in [-0.2, 0) is 32.1 Å². The van der Waals surface area contributed by atoms with E-state index in [2.05, 4.69) is 10.6 Å². The summed E-state index contributed by atoms with van der Waals surface area (Å²) in [6.07, 6.45) is 1.55. The molecule has 2 aromatic rings. The average molecular weight is 525 g/mol. The molecule has 0 aromatic heterocycles. The van der Waals surface area contributed by atoms with E-state index in [0.29, 0.717) is 38.8 Å². The van der Waals surface area contributed by atoms with Crippen molar-refractivity contribution < 1.29 is 33.9 Å². The minimum atomic E-state index is -1.64. The van der Waals surface area contributed by atoms with Gasteiger partial charge in [-0.3, -0.25) is 19.8 Å². The number of methoxy groups -OCH3 is 1. The van der Waals surface area contributed by atoms with Crippen LogP contribution in [0.4, 0.5) is 4.79 Å². The molecule has 3 amide bonds. The summed E-state index contributed by atoms with van der Waals surface area (Å²) in [5, 5.41) is 24.9. The van der Waals surface area contributed by atoms with Crippen LogP contribution in [0.3, 0.4) is 0 Å². The molecule has 2 aromatic carbocycles. The second-order valence-corrected chi connectivity index (χ2v) is 9.31. The number of carbonyl (C=O) groups excluding carboxylic acids is 3. The number of carbonyl (C=O) groups is 3. The lowest BCUT2D eigenvalue weighted by Gasteiger charge is -2.32. The van der Waals surface area contributed by atoms with Gasteiger partial charge >= 0.3 is 13.2 Å². The van der Waals surface area contributed by atoms with Gasteiger partial charge in [-0.15, -0.1) is 0 Å². The predicted octanol–water partition coefficient (Wildman–Crippen LogP) is 1.44. The topological polar surface area (TPSA) is 137 Å². The quantitative estimate of drug-likeness (QED) is 0.228. The van der Waals surface area contributed by atoms with Gasteiger partial charge in [0.05, 0.1) is 6.04 Å². The Morgan fingerprint density at radius 1 is 1.05 bits per heavy atom. The van der Waals surface area contributed by atoms with Crippen LogP contribution >= 0.6 is 0 Å². The van der Waals surface area contributed by atoms with Gasteiger partial charge < -0.3 is 24.8 Å². The Balaban J connectivity index is 1.65. The summed E-state index contributed by atoms with van der Waals surface area (Å²) >= 11 is 0. The van der Waals surface area contributed by atoms with Crippen molar-refractivity contribution in [3.8, 4) is 0 Å². The molecule has 0 spiro atoms. The number of hydrogen-bond donors (Lipinski definition) is 4. The molecule has 204 valence electrons. The van der Waals surface area contributed by atoms with E-state index < -0.39 is 43.1 Å². The molecule has 0 bridgehead atoms. The number of ether oxygens (including phenoxy) is 2. The number of rotatable bonds is 13. The van der Waals surface area contributed by atoms with E-state index in [1.54, 1.807) is 12.0 Å². The van der Waals surface area contributed by atoms with E-state index in [1.807, 2.05) is 60.7 Å². The first-order chi connectivity index (χ1) is 18.4. The second kappa shape index (κ2) is 15.2. The standard InChI is InChI=1S/C27H36BN3O7/c1-37-17-9-15-24(28(35)36)31-16-8-14-23(31)26(33)30-25(32)22(18-20-10-4-2-5-11-20)29-27(34)38-19-21-12-6-3-7-13-21/h2-7,10-13,22-24,35-36H,8-9,14-19H2,1H3,(H,29,34)(H,30,32,33)/t22-,23+,24+/m0/s1. The Kier molecular flexibility index (Phi) is 11.8. The summed E-state index contributed by atoms with van der Waals surface area (Å²) in [5.41, 5.74) is 1.60. The zero-order valence-corrected chi connectivity index (χ0v) is 21.6. The minimum Gasteiger partial charge on any atom is -0.445 e. The van der Waals surface area contributed by atoms with Gasteiger partial charge in [0.1, 0.15) is 12.6 Å². The van der Waals surface area contributed by atoms with Crippen LogP contribution in [0.2, 0.25) is 0 Å². The fourth-order valence-electron chi connectivity index (χ4n) is 4.65. The molecule has 1 aliphatic heterocycles. The van der Waals surface area contributed by atoms with Crippen molar-refractivity contribution in [1.82, 2.24) is 15.5 Å². The van der Waals surface area contributed by atoms with Crippen LogP contribution in [0.1, 0.15) is 36.8 Å². The SMILES string of the molecule is COCCC[C@H](B(O)O)N1CCC[C@@H]1C(=O)NC(=O)[C@H](Cc1ccccc1)NC(=O)OCc1ccccc1. The number of likely N-dealkylation sites (tertiary alicyclic amines) is 1. The van der Waals surface area contributed by atoms with Crippen LogP contribution in [0.5, 0.6) is 0 Å². The molecular formula is C27H36BN3O7. The highest BCUT2D eigenvalue weighted by Gasteiger charge is 2.40. The fraction of sp³-hybridized carbons (Fsp3) is 0.444. The highest BCUT2D eigenvalue weighted by atomic mass is 16.5. The van der Waals surface area contributed by atoms with Crippen molar-refractivity contribution in [2.24, 2.45) is 0 Å². The maximum absolute atomic E-state index is 13.2. The molecule has 1 saturated heterocycles. The van der Waals surface area contributed by atoms with Crippen LogP contribution < -0.4 is 10.6 Å². The first-order valence-corrected chi connectivity index (χ1v) is 12.9. The zero-order chi connectivity index (χ0) is 27.3. The summed E-state index contributed by atoms with van der Waals surface area (Å²) < 4.78 is 10.3. The highest BCUT2D eigenvalue weighted by Crippen LogP contribution is 2.23. The van der Waals surface area contributed by atoms with Crippen molar-refractivity contribution in [2.75, 3.05) is 20.3 Å². The first-order valence-electron chi connectivity index (χ1n) is 12.9. The smallest absolute Gasteiger partial charge is 0.445 e. The van der Waals surface area contributed by atoms with Crippen molar-refractivity contribution in [1.29, 1.82) is 0 Å². The monoisotopic (exact) mass is 525 g/mol. The Bertz CT molecular complexity index is 1030. The molecule has 0 unspecified atom stereocenters. The molecule has 3 atom stereocenters. The van der Waals surface area contributed by atoms with Crippen LogP contribution in [0, 0.1) is 0 Å². The maximum Gasteiger partial charge on any atom is 0.469 e. The molecule has 1 fully saturated rings. The van der Waals surface area contributed by atoms with E-state index in [0.717, 1.165) is 11.1 Å². The van der Waals surface area contributed by atoms with Crippen LogP contribution in [-0.4, -0.2) is 78.3 Å². The molecule has 3 rings (SSSR count). The molecule has 0 radical (unpaired) electrons. The predicted molar refractivity (Wildman–Crippen MR) is 142 cm³/mol. The third-order valence-electron chi connectivity index (χ3n) is 6.57. The van der Waals surface area contributed by atoms with E-state index in [4.69, 9.17) is 9.47 Å². The molecule has 10 nitrogen and oxygen atoms in total. The zero-order valence-electron chi connectivity index (χ0n) is 21.6. The van der Waals surface area contributed by atoms with Gasteiger partial charge in [0.15, 0.2) is 0 Å². The van der Waals surface area contributed by atoms with Gasteiger partial charge in [-0.25, -0.2) is 4.79 Å². The number of imide groups is 1. The molecule has 0 saturated carbocycles. The fourth-order valence-corrected chi connectivity index (χ4v) is 4.65. The number of alkyl carbamates (subject to hydrolysis) is 1. The van der Waals surface area contributed by atoms with Gasteiger partial charge in [-0.1, -0.05) is 60.7 Å². The summed E-state index contributed by atoms with van der Waals surface area (Å²) in [7, 11) is -0.0674. The molecule has 4 N–H and O–H groups in total. The van der Waals surface area contributed by atoms with E-state index >= 15 is 0 Å². The second-order valence-electron chi connectivity index (χ2n) is 9.31. The maximum atomic E-state index is 13.2. The number of amides is 3.